The van der Waals surface area contributed by atoms with Gasteiger partial charge in [-0.2, -0.15) is 0 Å². The summed E-state index contributed by atoms with van der Waals surface area (Å²) in [6, 6.07) is 8.53. The van der Waals surface area contributed by atoms with Crippen LogP contribution in [0.5, 0.6) is 0 Å². The van der Waals surface area contributed by atoms with Crippen LogP contribution in [0.4, 0.5) is 0 Å². The van der Waals surface area contributed by atoms with Crippen molar-refractivity contribution in [2.75, 3.05) is 7.11 Å². The number of para-hydroxylation sites is 1. The van der Waals surface area contributed by atoms with Crippen LogP contribution in [-0.4, -0.2) is 40.8 Å². The van der Waals surface area contributed by atoms with Crippen molar-refractivity contribution in [2.45, 2.75) is 25.6 Å². The topological polar surface area (TPSA) is 80.6 Å². The third-order valence-corrected chi connectivity index (χ3v) is 3.25. The number of nitrogens with one attached hydrogen (secondary N) is 1. The quantitative estimate of drug-likeness (QED) is 0.794. The Hall–Kier alpha value is -2.34. The molecule has 1 amide bonds. The second-order valence-electron chi connectivity index (χ2n) is 4.81. The summed E-state index contributed by atoms with van der Waals surface area (Å²) in [7, 11) is 1.21. The Kier molecular flexibility index (Phi) is 4.59. The van der Waals surface area contributed by atoms with Crippen molar-refractivity contribution in [2.24, 2.45) is 0 Å². The van der Waals surface area contributed by atoms with Gasteiger partial charge in [0.25, 0.3) is 0 Å². The van der Waals surface area contributed by atoms with E-state index in [4.69, 9.17) is 0 Å². The summed E-state index contributed by atoms with van der Waals surface area (Å²) in [6.45, 7) is 1.49. The molecular formula is C15H18N2O4. The fraction of sp³-hybridized carbons (Fsp3) is 0.333. The minimum atomic E-state index is -1.07. The first-order chi connectivity index (χ1) is 10.0. The molecule has 0 bridgehead atoms. The highest BCUT2D eigenvalue weighted by atomic mass is 16.5. The van der Waals surface area contributed by atoms with E-state index in [9.17, 15) is 14.7 Å². The molecule has 1 aromatic heterocycles. The molecular weight excluding hydrogens is 272 g/mol. The summed E-state index contributed by atoms with van der Waals surface area (Å²) < 4.78 is 6.34. The molecule has 0 saturated carbocycles. The molecule has 0 fully saturated rings. The standard InChI is InChI=1S/C15H18N2O4/c1-10(18)14(15(20)21-2)16-13(19)9-17-8-7-11-5-3-4-6-12(11)17/h3-8,10,14,18H,9H2,1-2H3,(H,16,19)/t10-,14+/m1/s1. The second-order valence-corrected chi connectivity index (χ2v) is 4.81. The number of aliphatic hydroxyl groups is 1. The first-order valence-electron chi connectivity index (χ1n) is 6.62. The average molecular weight is 290 g/mol. The summed E-state index contributed by atoms with van der Waals surface area (Å²) in [4.78, 5) is 23.5. The predicted molar refractivity (Wildman–Crippen MR) is 77.6 cm³/mol. The summed E-state index contributed by atoms with van der Waals surface area (Å²) in [5.74, 6) is -1.04. The second kappa shape index (κ2) is 6.41. The SMILES string of the molecule is COC(=O)[C@@H](NC(=O)Cn1ccc2ccccc21)[C@@H](C)O. The molecule has 0 radical (unpaired) electrons. The number of nitrogens with zero attached hydrogens (tertiary/aromatic N) is 1. The first-order valence-corrected chi connectivity index (χ1v) is 6.62. The van der Waals surface area contributed by atoms with Crippen molar-refractivity contribution in [1.82, 2.24) is 9.88 Å². The molecule has 6 nitrogen and oxygen atoms in total. The van der Waals surface area contributed by atoms with E-state index in [0.717, 1.165) is 10.9 Å². The van der Waals surface area contributed by atoms with Gasteiger partial charge in [-0.25, -0.2) is 4.79 Å². The van der Waals surface area contributed by atoms with Crippen LogP contribution in [0, 0.1) is 0 Å². The lowest BCUT2D eigenvalue weighted by Gasteiger charge is -2.19. The molecule has 0 aliphatic rings. The monoisotopic (exact) mass is 290 g/mol. The van der Waals surface area contributed by atoms with E-state index in [-0.39, 0.29) is 12.5 Å². The highest BCUT2D eigenvalue weighted by Gasteiger charge is 2.26. The summed E-state index contributed by atoms with van der Waals surface area (Å²) in [5.41, 5.74) is 0.930. The predicted octanol–water partition coefficient (Wildman–Crippen LogP) is 0.680. The van der Waals surface area contributed by atoms with Crippen LogP contribution in [0.2, 0.25) is 0 Å². The van der Waals surface area contributed by atoms with E-state index < -0.39 is 18.1 Å². The number of methoxy groups -OCH3 is 1. The number of carbonyl (C=O) groups excluding carboxylic acids is 2. The van der Waals surface area contributed by atoms with Crippen LogP contribution >= 0.6 is 0 Å². The van der Waals surface area contributed by atoms with Gasteiger partial charge in [-0.15, -0.1) is 0 Å². The van der Waals surface area contributed by atoms with Crippen molar-refractivity contribution in [3.8, 4) is 0 Å². The average Bonchev–Trinajstić information content (AvgIpc) is 2.87. The molecule has 0 unspecified atom stereocenters. The van der Waals surface area contributed by atoms with E-state index in [1.165, 1.54) is 14.0 Å². The van der Waals surface area contributed by atoms with Crippen molar-refractivity contribution in [3.05, 3.63) is 36.5 Å². The molecule has 2 rings (SSSR count). The van der Waals surface area contributed by atoms with Gasteiger partial charge in [-0.05, 0) is 24.4 Å². The van der Waals surface area contributed by atoms with Crippen LogP contribution in [-0.2, 0) is 20.9 Å². The van der Waals surface area contributed by atoms with Crippen LogP contribution in [0.25, 0.3) is 10.9 Å². The molecule has 0 aliphatic carbocycles. The smallest absolute Gasteiger partial charge is 0.331 e. The zero-order chi connectivity index (χ0) is 15.4. The summed E-state index contributed by atoms with van der Waals surface area (Å²) >= 11 is 0. The van der Waals surface area contributed by atoms with Crippen molar-refractivity contribution in [1.29, 1.82) is 0 Å². The van der Waals surface area contributed by atoms with E-state index in [2.05, 4.69) is 10.1 Å². The maximum absolute atomic E-state index is 12.0. The molecule has 0 aliphatic heterocycles. The van der Waals surface area contributed by atoms with E-state index in [1.54, 1.807) is 10.8 Å². The molecule has 2 atom stereocenters. The number of hydrogen-bond acceptors (Lipinski definition) is 4. The fourth-order valence-corrected chi connectivity index (χ4v) is 2.16. The number of aliphatic hydroxyl groups excluding tert-OH is 1. The van der Waals surface area contributed by atoms with Crippen molar-refractivity contribution in [3.63, 3.8) is 0 Å². The number of fused-ring (bicyclic) bond motifs is 1. The largest absolute Gasteiger partial charge is 0.467 e. The van der Waals surface area contributed by atoms with Gasteiger partial charge in [-0.1, -0.05) is 18.2 Å². The van der Waals surface area contributed by atoms with Crippen LogP contribution < -0.4 is 5.32 Å². The normalized spacial score (nSPS) is 13.7. The van der Waals surface area contributed by atoms with Gasteiger partial charge in [0.05, 0.1) is 13.2 Å². The van der Waals surface area contributed by atoms with Gasteiger partial charge in [-0.3, -0.25) is 4.79 Å². The van der Waals surface area contributed by atoms with Gasteiger partial charge in [0.1, 0.15) is 6.54 Å². The Labute approximate surface area is 122 Å². The number of ether oxygens (including phenoxy) is 1. The highest BCUT2D eigenvalue weighted by molar-refractivity contribution is 5.86. The van der Waals surface area contributed by atoms with Gasteiger partial charge in [0, 0.05) is 11.7 Å². The third kappa shape index (κ3) is 3.41. The van der Waals surface area contributed by atoms with Crippen molar-refractivity contribution < 1.29 is 19.4 Å². The number of amides is 1. The molecule has 0 saturated heterocycles. The fourth-order valence-electron chi connectivity index (χ4n) is 2.16. The summed E-state index contributed by atoms with van der Waals surface area (Å²) in [5, 5.41) is 13.1. The van der Waals surface area contributed by atoms with E-state index in [1.807, 2.05) is 30.3 Å². The molecule has 6 heteroatoms. The Morgan fingerprint density at radius 1 is 1.33 bits per heavy atom. The number of hydrogen-bond donors (Lipinski definition) is 2. The molecule has 1 heterocycles. The molecule has 21 heavy (non-hydrogen) atoms. The molecule has 2 N–H and O–H groups in total. The number of aromatic nitrogens is 1. The Bertz CT molecular complexity index is 648. The Morgan fingerprint density at radius 2 is 2.05 bits per heavy atom. The lowest BCUT2D eigenvalue weighted by atomic mass is 10.2. The zero-order valence-electron chi connectivity index (χ0n) is 11.9. The van der Waals surface area contributed by atoms with Crippen LogP contribution in [0.3, 0.4) is 0 Å². The lowest BCUT2D eigenvalue weighted by Crippen LogP contribution is -2.49. The molecule has 1 aromatic carbocycles. The zero-order valence-corrected chi connectivity index (χ0v) is 11.9. The minimum absolute atomic E-state index is 0.0632. The van der Waals surface area contributed by atoms with Crippen molar-refractivity contribution >= 4 is 22.8 Å². The first kappa shape index (κ1) is 15.1. The van der Waals surface area contributed by atoms with Crippen LogP contribution in [0.1, 0.15) is 6.92 Å². The van der Waals surface area contributed by atoms with E-state index in [0.29, 0.717) is 0 Å². The lowest BCUT2D eigenvalue weighted by molar-refractivity contribution is -0.148. The van der Waals surface area contributed by atoms with Gasteiger partial charge < -0.3 is 19.7 Å². The number of benzene rings is 1. The summed E-state index contributed by atoms with van der Waals surface area (Å²) in [6.07, 6.45) is 0.780. The van der Waals surface area contributed by atoms with Gasteiger partial charge in [0.15, 0.2) is 6.04 Å². The number of rotatable bonds is 5. The number of esters is 1. The molecule has 2 aromatic rings. The molecule has 112 valence electrons. The Morgan fingerprint density at radius 3 is 2.71 bits per heavy atom. The number of carbonyl (C=O) groups is 2. The van der Waals surface area contributed by atoms with Gasteiger partial charge >= 0.3 is 5.97 Å². The Balaban J connectivity index is 2.09. The van der Waals surface area contributed by atoms with Gasteiger partial charge in [0.2, 0.25) is 5.91 Å². The molecule has 0 spiro atoms. The van der Waals surface area contributed by atoms with E-state index >= 15 is 0 Å². The minimum Gasteiger partial charge on any atom is -0.467 e. The maximum Gasteiger partial charge on any atom is 0.331 e. The highest BCUT2D eigenvalue weighted by Crippen LogP contribution is 2.14. The maximum atomic E-state index is 12.0. The third-order valence-electron chi connectivity index (χ3n) is 3.25. The van der Waals surface area contributed by atoms with Crippen LogP contribution in [0.15, 0.2) is 36.5 Å².